The highest BCUT2D eigenvalue weighted by molar-refractivity contribution is 7.18. The van der Waals surface area contributed by atoms with Gasteiger partial charge in [0.25, 0.3) is 0 Å². The van der Waals surface area contributed by atoms with Gasteiger partial charge in [0.05, 0.1) is 0 Å². The molecule has 1 heterocycles. The van der Waals surface area contributed by atoms with Crippen molar-refractivity contribution in [1.29, 1.82) is 0 Å². The molecule has 0 fully saturated rings. The Morgan fingerprint density at radius 3 is 2.12 bits per heavy atom. The van der Waals surface area contributed by atoms with Crippen molar-refractivity contribution >= 4 is 29.1 Å². The summed E-state index contributed by atoms with van der Waals surface area (Å²) in [5, 5.41) is 1.35. The summed E-state index contributed by atoms with van der Waals surface area (Å²) in [6.07, 6.45) is 0. The lowest BCUT2D eigenvalue weighted by molar-refractivity contribution is -0.646. The molecule has 1 nitrogen and oxygen atoms in total. The zero-order chi connectivity index (χ0) is 11.4. The Kier molecular flexibility index (Phi) is 8.65. The SMILES string of the molecule is C.Cc1sc2ccccc2[n+]1C.FB(F)F.[F-]. The third-order valence-electron chi connectivity index (χ3n) is 1.96. The van der Waals surface area contributed by atoms with Crippen LogP contribution in [0.1, 0.15) is 12.4 Å². The van der Waals surface area contributed by atoms with E-state index in [0.29, 0.717) is 0 Å². The van der Waals surface area contributed by atoms with Gasteiger partial charge in [0.1, 0.15) is 11.7 Å². The smallest absolute Gasteiger partial charge is 0.762 e. The molecule has 0 bridgehead atoms. The van der Waals surface area contributed by atoms with Crippen LogP contribution < -0.4 is 9.27 Å². The molecule has 0 saturated heterocycles. The summed E-state index contributed by atoms with van der Waals surface area (Å²) in [5.41, 5.74) is 1.33. The van der Waals surface area contributed by atoms with Crippen molar-refractivity contribution in [3.05, 3.63) is 29.3 Å². The lowest BCUT2D eigenvalue weighted by Crippen LogP contribution is -3.00. The maximum Gasteiger partial charge on any atom is 0.762 e. The van der Waals surface area contributed by atoms with E-state index in [4.69, 9.17) is 0 Å². The van der Waals surface area contributed by atoms with E-state index in [1.165, 1.54) is 15.2 Å². The Bertz CT molecular complexity index is 444. The van der Waals surface area contributed by atoms with Gasteiger partial charge < -0.3 is 4.70 Å². The van der Waals surface area contributed by atoms with Crippen molar-refractivity contribution in [1.82, 2.24) is 0 Å². The highest BCUT2D eigenvalue weighted by atomic mass is 32.1. The number of thiazole rings is 1. The van der Waals surface area contributed by atoms with Crippen LogP contribution in [0.2, 0.25) is 0 Å². The molecular weight excluding hydrogens is 253 g/mol. The summed E-state index contributed by atoms with van der Waals surface area (Å²) < 4.78 is 32.6. The number of rotatable bonds is 0. The molecule has 2 aromatic rings. The Morgan fingerprint density at radius 2 is 1.65 bits per heavy atom. The van der Waals surface area contributed by atoms with Crippen LogP contribution in [0.15, 0.2) is 24.3 Å². The molecule has 0 atom stereocenters. The van der Waals surface area contributed by atoms with Gasteiger partial charge >= 0.3 is 7.54 Å². The number of aryl methyl sites for hydroxylation is 2. The molecule has 1 aromatic carbocycles. The van der Waals surface area contributed by atoms with Crippen LogP contribution in [-0.4, -0.2) is 7.54 Å². The number of para-hydroxylation sites is 1. The molecule has 0 aliphatic carbocycles. The number of nitrogens with zero attached hydrogens (tertiary/aromatic N) is 1. The zero-order valence-corrected chi connectivity index (χ0v) is 9.57. The van der Waals surface area contributed by atoms with Crippen LogP contribution in [-0.2, 0) is 7.05 Å². The Morgan fingerprint density at radius 1 is 1.18 bits per heavy atom. The van der Waals surface area contributed by atoms with Gasteiger partial charge in [-0.3, -0.25) is 12.9 Å². The average Bonchev–Trinajstić information content (AvgIpc) is 2.43. The summed E-state index contributed by atoms with van der Waals surface area (Å²) in [6, 6.07) is 8.47. The predicted octanol–water partition coefficient (Wildman–Crippen LogP) is 0.554. The molecule has 0 aliphatic heterocycles. The maximum absolute atomic E-state index is 9.67. The summed E-state index contributed by atoms with van der Waals surface area (Å²) in [7, 11) is -1.56. The van der Waals surface area contributed by atoms with Crippen LogP contribution in [0.4, 0.5) is 12.9 Å². The fourth-order valence-electron chi connectivity index (χ4n) is 1.22. The van der Waals surface area contributed by atoms with Gasteiger partial charge in [0.2, 0.25) is 10.5 Å². The van der Waals surface area contributed by atoms with E-state index < -0.39 is 7.54 Å². The maximum atomic E-state index is 9.67. The van der Waals surface area contributed by atoms with Gasteiger partial charge in [0, 0.05) is 13.0 Å². The Balaban J connectivity index is 0. The summed E-state index contributed by atoms with van der Waals surface area (Å²) in [5.74, 6) is 0. The molecule has 0 spiro atoms. The first kappa shape index (κ1) is 18.3. The number of hydrogen-bond donors (Lipinski definition) is 0. The zero-order valence-electron chi connectivity index (χ0n) is 8.75. The van der Waals surface area contributed by atoms with E-state index in [2.05, 4.69) is 42.8 Å². The van der Waals surface area contributed by atoms with Gasteiger partial charge in [-0.05, 0) is 6.07 Å². The van der Waals surface area contributed by atoms with Crippen molar-refractivity contribution < 1.29 is 22.2 Å². The lowest BCUT2D eigenvalue weighted by Gasteiger charge is -1.82. The highest BCUT2D eigenvalue weighted by Crippen LogP contribution is 2.17. The van der Waals surface area contributed by atoms with Crippen LogP contribution in [0, 0.1) is 6.92 Å². The molecule has 0 unspecified atom stereocenters. The molecular formula is C10H14BF4NS. The van der Waals surface area contributed by atoms with Gasteiger partial charge in [-0.2, -0.15) is 4.57 Å². The quantitative estimate of drug-likeness (QED) is 0.373. The molecule has 17 heavy (non-hydrogen) atoms. The molecule has 2 rings (SSSR count). The molecule has 7 heteroatoms. The molecule has 0 radical (unpaired) electrons. The topological polar surface area (TPSA) is 3.88 Å². The van der Waals surface area contributed by atoms with Gasteiger partial charge in [0.15, 0.2) is 0 Å². The fourth-order valence-corrected chi connectivity index (χ4v) is 2.23. The van der Waals surface area contributed by atoms with E-state index in [9.17, 15) is 12.9 Å². The van der Waals surface area contributed by atoms with Crippen molar-refractivity contribution in [3.8, 4) is 0 Å². The first-order valence-corrected chi connectivity index (χ1v) is 5.10. The number of halogens is 4. The van der Waals surface area contributed by atoms with Crippen molar-refractivity contribution in [3.63, 3.8) is 0 Å². The molecule has 96 valence electrons. The first-order valence-electron chi connectivity index (χ1n) is 4.28. The molecule has 1 aromatic heterocycles. The predicted molar refractivity (Wildman–Crippen MR) is 63.5 cm³/mol. The van der Waals surface area contributed by atoms with Crippen molar-refractivity contribution in [2.45, 2.75) is 14.4 Å². The Hall–Kier alpha value is -1.11. The monoisotopic (exact) mass is 267 g/mol. The second kappa shape index (κ2) is 8.05. The van der Waals surface area contributed by atoms with E-state index >= 15 is 0 Å². The minimum Gasteiger partial charge on any atom is -1.00 e. The third-order valence-corrected chi connectivity index (χ3v) is 3.09. The van der Waals surface area contributed by atoms with Gasteiger partial charge in [-0.15, -0.1) is 0 Å². The van der Waals surface area contributed by atoms with Crippen LogP contribution in [0.5, 0.6) is 0 Å². The average molecular weight is 267 g/mol. The van der Waals surface area contributed by atoms with Crippen LogP contribution in [0.3, 0.4) is 0 Å². The number of fused-ring (bicyclic) bond motifs is 1. The van der Waals surface area contributed by atoms with Gasteiger partial charge in [-0.1, -0.05) is 30.9 Å². The second-order valence-electron chi connectivity index (χ2n) is 2.90. The fraction of sp³-hybridized carbons (Fsp3) is 0.300. The normalized spacial score (nSPS) is 8.53. The number of aromatic nitrogens is 1. The molecule has 0 saturated carbocycles. The third kappa shape index (κ3) is 5.17. The van der Waals surface area contributed by atoms with Gasteiger partial charge in [-0.25, -0.2) is 0 Å². The minimum absolute atomic E-state index is 0. The van der Waals surface area contributed by atoms with Crippen LogP contribution >= 0.6 is 11.3 Å². The Labute approximate surface area is 102 Å². The van der Waals surface area contributed by atoms with E-state index in [0.717, 1.165) is 0 Å². The molecule has 0 amide bonds. The first-order chi connectivity index (χ1) is 7.02. The van der Waals surface area contributed by atoms with E-state index in [1.54, 1.807) is 0 Å². The second-order valence-corrected chi connectivity index (χ2v) is 4.13. The highest BCUT2D eigenvalue weighted by Gasteiger charge is 2.10. The lowest BCUT2D eigenvalue weighted by atomic mass is 10.3. The molecule has 0 N–H and O–H groups in total. The van der Waals surface area contributed by atoms with E-state index in [-0.39, 0.29) is 12.1 Å². The van der Waals surface area contributed by atoms with Crippen molar-refractivity contribution in [2.24, 2.45) is 7.05 Å². The van der Waals surface area contributed by atoms with E-state index in [1.807, 2.05) is 11.3 Å². The minimum atomic E-state index is -3.67. The standard InChI is InChI=1S/C9H10NS.CH4.BF3.FH/c1-7-10(2)8-5-3-4-6-9(8)11-7;;2-1(3)4;/h3-6H,1-2H3;1H4;;1H/q+1;;;/p-1. The van der Waals surface area contributed by atoms with Crippen LogP contribution in [0.25, 0.3) is 10.2 Å². The largest absolute Gasteiger partial charge is 1.00 e. The number of benzene rings is 1. The van der Waals surface area contributed by atoms with Crippen molar-refractivity contribution in [2.75, 3.05) is 0 Å². The summed E-state index contributed by atoms with van der Waals surface area (Å²) in [6.45, 7) is 2.14. The number of hydrogen-bond acceptors (Lipinski definition) is 1. The summed E-state index contributed by atoms with van der Waals surface area (Å²) in [4.78, 5) is 0. The molecule has 0 aliphatic rings. The summed E-state index contributed by atoms with van der Waals surface area (Å²) >= 11 is 1.84.